The maximum absolute atomic E-state index is 6.69. The molecule has 0 bridgehead atoms. The van der Waals surface area contributed by atoms with Crippen LogP contribution in [0, 0.1) is 0 Å². The van der Waals surface area contributed by atoms with E-state index in [4.69, 9.17) is 13.3 Å². The van der Waals surface area contributed by atoms with Crippen LogP contribution in [0.3, 0.4) is 0 Å². The summed E-state index contributed by atoms with van der Waals surface area (Å²) in [5, 5.41) is 12.1. The summed E-state index contributed by atoms with van der Waals surface area (Å²) in [6, 6.07) is 177. The summed E-state index contributed by atoms with van der Waals surface area (Å²) in [5.41, 5.74) is 46.2. The minimum Gasteiger partial charge on any atom is -0.456 e. The van der Waals surface area contributed by atoms with Gasteiger partial charge in [0.25, 0.3) is 0 Å². The SMILES string of the molecule is c1ccc(-c2ccc3c(c2)oc2cc(-c4ccc(-c5ccc6c(c5)-c5c(c7ccccc7n5-c5ccccc5)C6)cc4)ccc23)cc1.c1ccc(-c2ccc3oc4c(-c5ccc(-c6ccc7c(c6)-c6c(c8ccccc8n6-c6ccccc6)C7)cc5)cccc4c3c2)cc1.c1ccc(-c2cccc3c2oc2c(-c4ccc(-c5ccc6sc7c8ccccc8n(-c8ccccc8)c7c6c5)cc4)cccc23)cc1. The Kier molecular flexibility index (Phi) is 19.2. The lowest BCUT2D eigenvalue weighted by Gasteiger charge is -2.13. The smallest absolute Gasteiger partial charge is 0.143 e. The normalized spacial score (nSPS) is 12.1. The molecule has 0 saturated carbocycles. The van der Waals surface area contributed by atoms with Gasteiger partial charge in [-0.25, -0.2) is 0 Å². The quantitative estimate of drug-likeness (QED) is 0.122. The predicted molar refractivity (Wildman–Crippen MR) is 590 cm³/mol. The van der Waals surface area contributed by atoms with Crippen molar-refractivity contribution >= 4 is 130 Å². The Balaban J connectivity index is 0.000000104. The third-order valence-corrected chi connectivity index (χ3v) is 30.3. The topological polar surface area (TPSA) is 54.2 Å². The summed E-state index contributed by atoms with van der Waals surface area (Å²) in [6.07, 6.45) is 1.92. The fourth-order valence-electron chi connectivity index (χ4n) is 22.4. The lowest BCUT2D eigenvalue weighted by Crippen LogP contribution is -1.96. The molecule has 0 atom stereocenters. The number of furan rings is 3. The zero-order valence-electron chi connectivity index (χ0n) is 76.7. The van der Waals surface area contributed by atoms with E-state index in [1.165, 1.54) is 170 Å². The van der Waals surface area contributed by atoms with E-state index in [0.29, 0.717) is 0 Å². The molecule has 0 aliphatic heterocycles. The van der Waals surface area contributed by atoms with Gasteiger partial charge in [0.2, 0.25) is 0 Å². The number of benzene rings is 21. The van der Waals surface area contributed by atoms with Crippen LogP contribution in [0.2, 0.25) is 0 Å². The van der Waals surface area contributed by atoms with Crippen molar-refractivity contribution in [1.29, 1.82) is 0 Å². The highest BCUT2D eigenvalue weighted by atomic mass is 32.1. The van der Waals surface area contributed by atoms with E-state index < -0.39 is 0 Å². The van der Waals surface area contributed by atoms with E-state index in [9.17, 15) is 0 Å². The second-order valence-electron chi connectivity index (χ2n) is 37.1. The number of nitrogens with zero attached hydrogens (tertiary/aromatic N) is 3. The Morgan fingerprint density at radius 1 is 0.184 bits per heavy atom. The van der Waals surface area contributed by atoms with Crippen molar-refractivity contribution in [2.75, 3.05) is 0 Å². The average Bonchev–Trinajstić information content (AvgIpc) is 1.57. The number of rotatable bonds is 12. The number of fused-ring (bicyclic) bond motifs is 24. The molecule has 7 heterocycles. The highest BCUT2D eigenvalue weighted by Crippen LogP contribution is 2.52. The minimum absolute atomic E-state index is 0.911. The van der Waals surface area contributed by atoms with Crippen molar-refractivity contribution in [3.8, 4) is 140 Å². The molecule has 6 nitrogen and oxygen atoms in total. The summed E-state index contributed by atoms with van der Waals surface area (Å²) < 4.78 is 29.5. The summed E-state index contributed by atoms with van der Waals surface area (Å²) in [6.45, 7) is 0. The molecule has 21 aromatic carbocycles. The second-order valence-corrected chi connectivity index (χ2v) is 38.2. The molecule has 141 heavy (non-hydrogen) atoms. The molecule has 0 spiro atoms. The van der Waals surface area contributed by atoms with Crippen LogP contribution in [0.25, 0.3) is 259 Å². The molecule has 0 amide bonds. The molecular weight excluding hydrogens is 1730 g/mol. The fraction of sp³-hybridized carbons (Fsp3) is 0.0149. The van der Waals surface area contributed by atoms with Gasteiger partial charge in [-0.3, -0.25) is 0 Å². The van der Waals surface area contributed by atoms with Crippen molar-refractivity contribution < 1.29 is 13.3 Å². The van der Waals surface area contributed by atoms with Gasteiger partial charge in [0, 0.05) is 116 Å². The number of hydrogen-bond acceptors (Lipinski definition) is 4. The van der Waals surface area contributed by atoms with Crippen LogP contribution in [-0.2, 0) is 12.8 Å². The van der Waals surface area contributed by atoms with Gasteiger partial charge in [-0.15, -0.1) is 11.3 Å². The Morgan fingerprint density at radius 3 is 0.965 bits per heavy atom. The lowest BCUT2D eigenvalue weighted by molar-refractivity contribution is 0.669. The molecule has 30 rings (SSSR count). The van der Waals surface area contributed by atoms with Crippen LogP contribution >= 0.6 is 11.3 Å². The Labute approximate surface area is 817 Å². The third kappa shape index (κ3) is 13.7. The van der Waals surface area contributed by atoms with Crippen LogP contribution < -0.4 is 0 Å². The zero-order valence-corrected chi connectivity index (χ0v) is 77.5. The molecule has 2 aliphatic carbocycles. The first-order valence-electron chi connectivity index (χ1n) is 48.4. The molecule has 7 heteroatoms. The standard InChI is InChI=1S/2C45H29NO.C44H27NOS/c1-3-10-29(11-4-1)33-24-25-43-40(27-33)38-16-9-15-36(45(38)47-43)31-20-18-30(19-21-31)32-22-23-34-28-41-37-14-7-8-17-42(37)46(44(41)39(34)26-32)35-12-5-2-6-13-35;1-3-9-29(10-4-1)33-21-23-38-39-24-22-34(28-44(39)47-43(38)27-33)31-17-15-30(16-18-31)32-19-20-35-26-41-37-13-7-8-14-42(37)46(45(41)40(35)25-32)36-11-5-2-6-12-36;1-3-11-29(12-4-1)33-16-9-18-35-36-19-10-17-34(43(36)46-42(33)35)30-23-21-28(22-24-30)31-25-26-40-38(27-31)41-44(47-40)37-15-7-8-20-39(37)45(41)32-13-5-2-6-14-32/h1-27H,28H2;1-25,27-28H,26H2;1-27H. The third-order valence-electron chi connectivity index (χ3n) is 29.1. The van der Waals surface area contributed by atoms with Crippen molar-refractivity contribution in [2.45, 2.75) is 12.8 Å². The van der Waals surface area contributed by atoms with E-state index in [1.807, 2.05) is 23.5 Å². The van der Waals surface area contributed by atoms with Gasteiger partial charge in [-0.05, 0) is 221 Å². The molecule has 2 aliphatic rings. The Hall–Kier alpha value is -18.1. The van der Waals surface area contributed by atoms with E-state index in [0.717, 1.165) is 123 Å². The lowest BCUT2D eigenvalue weighted by atomic mass is 9.96. The molecule has 0 saturated heterocycles. The van der Waals surface area contributed by atoms with Gasteiger partial charge >= 0.3 is 0 Å². The highest BCUT2D eigenvalue weighted by molar-refractivity contribution is 7.26. The first-order chi connectivity index (χ1) is 69.9. The zero-order chi connectivity index (χ0) is 92.7. The van der Waals surface area contributed by atoms with Crippen LogP contribution in [0.15, 0.2) is 505 Å². The van der Waals surface area contributed by atoms with E-state index in [2.05, 4.69) is 493 Å². The summed E-state index contributed by atoms with van der Waals surface area (Å²) in [5.74, 6) is 0. The maximum atomic E-state index is 6.69. The summed E-state index contributed by atoms with van der Waals surface area (Å²) >= 11 is 1.88. The fourth-order valence-corrected chi connectivity index (χ4v) is 23.6. The van der Waals surface area contributed by atoms with Crippen LogP contribution in [-0.4, -0.2) is 13.7 Å². The van der Waals surface area contributed by atoms with Crippen LogP contribution in [0.5, 0.6) is 0 Å². The van der Waals surface area contributed by atoms with Gasteiger partial charge in [0.15, 0.2) is 0 Å². The van der Waals surface area contributed by atoms with E-state index in [1.54, 1.807) is 0 Å². The van der Waals surface area contributed by atoms with Gasteiger partial charge in [0.1, 0.15) is 33.5 Å². The minimum atomic E-state index is 0.911. The number of aromatic nitrogens is 3. The molecule has 0 unspecified atom stereocenters. The predicted octanol–water partition coefficient (Wildman–Crippen LogP) is 37.1. The first-order valence-corrected chi connectivity index (χ1v) is 49.2. The molecule has 28 aromatic rings. The largest absolute Gasteiger partial charge is 0.456 e. The average molecular weight is 1820 g/mol. The Bertz CT molecular complexity index is 9810. The Morgan fingerprint density at radius 2 is 0.504 bits per heavy atom. The van der Waals surface area contributed by atoms with E-state index in [-0.39, 0.29) is 0 Å². The van der Waals surface area contributed by atoms with Gasteiger partial charge < -0.3 is 27.0 Å². The molecule has 660 valence electrons. The van der Waals surface area contributed by atoms with Crippen LogP contribution in [0.1, 0.15) is 22.3 Å². The monoisotopic (exact) mass is 1820 g/mol. The number of para-hydroxylation sites is 9. The molecule has 0 fully saturated rings. The van der Waals surface area contributed by atoms with Gasteiger partial charge in [-0.1, -0.05) is 376 Å². The molecule has 0 radical (unpaired) electrons. The maximum Gasteiger partial charge on any atom is 0.143 e. The summed E-state index contributed by atoms with van der Waals surface area (Å²) in [4.78, 5) is 0. The van der Waals surface area contributed by atoms with E-state index >= 15 is 0 Å². The van der Waals surface area contributed by atoms with Crippen molar-refractivity contribution in [3.63, 3.8) is 0 Å². The van der Waals surface area contributed by atoms with Crippen molar-refractivity contribution in [2.24, 2.45) is 0 Å². The van der Waals surface area contributed by atoms with Gasteiger partial charge in [0.05, 0.1) is 38.2 Å². The molecular formula is C134H85N3O3S. The van der Waals surface area contributed by atoms with Gasteiger partial charge in [-0.2, -0.15) is 0 Å². The summed E-state index contributed by atoms with van der Waals surface area (Å²) in [7, 11) is 0. The number of hydrogen-bond donors (Lipinski definition) is 0. The molecule has 7 aromatic heterocycles. The molecule has 0 N–H and O–H groups in total. The van der Waals surface area contributed by atoms with Crippen LogP contribution in [0.4, 0.5) is 0 Å². The second kappa shape index (κ2) is 33.4. The highest BCUT2D eigenvalue weighted by Gasteiger charge is 2.31. The van der Waals surface area contributed by atoms with Crippen molar-refractivity contribution in [3.05, 3.63) is 514 Å². The van der Waals surface area contributed by atoms with Crippen molar-refractivity contribution in [1.82, 2.24) is 13.7 Å². The number of thiophene rings is 1. The first kappa shape index (κ1) is 81.2.